The predicted molar refractivity (Wildman–Crippen MR) is 105 cm³/mol. The first-order valence-electron chi connectivity index (χ1n) is 8.34. The summed E-state index contributed by atoms with van der Waals surface area (Å²) in [5.74, 6) is 2.42. The Morgan fingerprint density at radius 2 is 2.04 bits per heavy atom. The van der Waals surface area contributed by atoms with E-state index in [0.717, 1.165) is 16.7 Å². The summed E-state index contributed by atoms with van der Waals surface area (Å²) in [4.78, 5) is 0. The van der Waals surface area contributed by atoms with Gasteiger partial charge in [-0.3, -0.25) is 4.57 Å². The number of ether oxygens (including phenoxy) is 1. The van der Waals surface area contributed by atoms with Crippen LogP contribution in [0, 0.1) is 6.92 Å². The van der Waals surface area contributed by atoms with Crippen LogP contribution in [0.15, 0.2) is 66.3 Å². The molecule has 26 heavy (non-hydrogen) atoms. The second-order valence-corrected chi connectivity index (χ2v) is 6.80. The highest BCUT2D eigenvalue weighted by atomic mass is 32.2. The first kappa shape index (κ1) is 18.1. The van der Waals surface area contributed by atoms with Crippen molar-refractivity contribution in [1.29, 1.82) is 0 Å². The van der Waals surface area contributed by atoms with E-state index in [9.17, 15) is 5.11 Å². The molecule has 2 aromatic carbocycles. The van der Waals surface area contributed by atoms with Crippen molar-refractivity contribution in [3.8, 4) is 22.9 Å². The molecule has 0 unspecified atom stereocenters. The van der Waals surface area contributed by atoms with E-state index in [2.05, 4.69) is 16.8 Å². The maximum atomic E-state index is 10.1. The number of aromatic hydroxyl groups is 1. The van der Waals surface area contributed by atoms with Gasteiger partial charge < -0.3 is 9.84 Å². The number of phenolic OH excluding ortho intramolecular Hbond substituents is 1. The zero-order valence-corrected chi connectivity index (χ0v) is 15.4. The van der Waals surface area contributed by atoms with Crippen LogP contribution in [0.25, 0.3) is 11.4 Å². The minimum absolute atomic E-state index is 0.185. The molecule has 134 valence electrons. The van der Waals surface area contributed by atoms with Gasteiger partial charge in [-0.1, -0.05) is 42.1 Å². The number of allylic oxidation sites excluding steroid dienone is 1. The number of aryl methyl sites for hydroxylation is 1. The van der Waals surface area contributed by atoms with E-state index in [1.807, 2.05) is 47.9 Å². The lowest BCUT2D eigenvalue weighted by atomic mass is 10.2. The lowest BCUT2D eigenvalue weighted by molar-refractivity contribution is 0.343. The minimum Gasteiger partial charge on any atom is -0.507 e. The Morgan fingerprint density at radius 1 is 1.19 bits per heavy atom. The van der Waals surface area contributed by atoms with Crippen molar-refractivity contribution >= 4 is 11.8 Å². The van der Waals surface area contributed by atoms with Gasteiger partial charge in [0.1, 0.15) is 11.5 Å². The molecule has 3 aromatic rings. The van der Waals surface area contributed by atoms with E-state index < -0.39 is 0 Å². The van der Waals surface area contributed by atoms with E-state index in [1.54, 1.807) is 30.0 Å². The average Bonchev–Trinajstić information content (AvgIpc) is 3.02. The fourth-order valence-electron chi connectivity index (χ4n) is 2.55. The van der Waals surface area contributed by atoms with E-state index in [0.29, 0.717) is 24.5 Å². The minimum atomic E-state index is 0.185. The Balaban J connectivity index is 1.68. The molecule has 0 fully saturated rings. The molecule has 0 spiro atoms. The molecule has 0 amide bonds. The monoisotopic (exact) mass is 367 g/mol. The largest absolute Gasteiger partial charge is 0.507 e. The molecule has 1 aromatic heterocycles. The maximum absolute atomic E-state index is 10.1. The third-order valence-corrected chi connectivity index (χ3v) is 4.68. The molecular weight excluding hydrogens is 346 g/mol. The van der Waals surface area contributed by atoms with Crippen LogP contribution >= 0.6 is 11.8 Å². The summed E-state index contributed by atoms with van der Waals surface area (Å²) in [5, 5.41) is 19.4. The molecule has 1 heterocycles. The van der Waals surface area contributed by atoms with Crippen molar-refractivity contribution in [2.75, 3.05) is 12.4 Å². The quantitative estimate of drug-likeness (QED) is 0.365. The lowest BCUT2D eigenvalue weighted by Gasteiger charge is -2.09. The van der Waals surface area contributed by atoms with Gasteiger partial charge >= 0.3 is 0 Å². The van der Waals surface area contributed by atoms with Gasteiger partial charge in [0.15, 0.2) is 11.0 Å². The van der Waals surface area contributed by atoms with Crippen LogP contribution in [0.5, 0.6) is 11.5 Å². The smallest absolute Gasteiger partial charge is 0.191 e. The number of para-hydroxylation sites is 1. The van der Waals surface area contributed by atoms with Gasteiger partial charge in [0, 0.05) is 12.3 Å². The summed E-state index contributed by atoms with van der Waals surface area (Å²) >= 11 is 1.57. The van der Waals surface area contributed by atoms with Gasteiger partial charge in [-0.05, 0) is 36.8 Å². The van der Waals surface area contributed by atoms with Gasteiger partial charge in [-0.2, -0.15) is 0 Å². The van der Waals surface area contributed by atoms with Gasteiger partial charge in [0.25, 0.3) is 0 Å². The third kappa shape index (κ3) is 4.26. The predicted octanol–water partition coefficient (Wildman–Crippen LogP) is 4.32. The van der Waals surface area contributed by atoms with Crippen molar-refractivity contribution in [2.24, 2.45) is 0 Å². The number of benzene rings is 2. The Labute approximate surface area is 157 Å². The fourth-order valence-corrected chi connectivity index (χ4v) is 3.31. The average molecular weight is 367 g/mol. The maximum Gasteiger partial charge on any atom is 0.191 e. The molecule has 0 aliphatic heterocycles. The van der Waals surface area contributed by atoms with Crippen LogP contribution in [0.4, 0.5) is 0 Å². The van der Waals surface area contributed by atoms with Crippen molar-refractivity contribution in [2.45, 2.75) is 18.6 Å². The second-order valence-electron chi connectivity index (χ2n) is 5.74. The van der Waals surface area contributed by atoms with Gasteiger partial charge in [0.05, 0.1) is 12.2 Å². The zero-order valence-electron chi connectivity index (χ0n) is 14.6. The van der Waals surface area contributed by atoms with Crippen LogP contribution in [-0.4, -0.2) is 32.2 Å². The van der Waals surface area contributed by atoms with Crippen LogP contribution < -0.4 is 4.74 Å². The number of aromatic nitrogens is 3. The van der Waals surface area contributed by atoms with Crippen LogP contribution in [0.3, 0.4) is 0 Å². The van der Waals surface area contributed by atoms with E-state index in [-0.39, 0.29) is 5.75 Å². The van der Waals surface area contributed by atoms with Gasteiger partial charge in [-0.15, -0.1) is 16.8 Å². The highest BCUT2D eigenvalue weighted by Gasteiger charge is 2.15. The Kier molecular flexibility index (Phi) is 5.96. The van der Waals surface area contributed by atoms with Crippen molar-refractivity contribution in [1.82, 2.24) is 14.8 Å². The summed E-state index contributed by atoms with van der Waals surface area (Å²) in [6.07, 6.45) is 1.79. The molecule has 5 nitrogen and oxygen atoms in total. The molecule has 0 saturated carbocycles. The third-order valence-electron chi connectivity index (χ3n) is 3.75. The Bertz CT molecular complexity index is 892. The van der Waals surface area contributed by atoms with Crippen LogP contribution in [-0.2, 0) is 6.54 Å². The fraction of sp³-hybridized carbons (Fsp3) is 0.200. The van der Waals surface area contributed by atoms with Crippen LogP contribution in [0.1, 0.15) is 5.56 Å². The molecule has 0 aliphatic rings. The Morgan fingerprint density at radius 3 is 2.81 bits per heavy atom. The number of rotatable bonds is 8. The topological polar surface area (TPSA) is 60.2 Å². The number of hydrogen-bond donors (Lipinski definition) is 1. The van der Waals surface area contributed by atoms with E-state index in [1.165, 1.54) is 5.56 Å². The molecule has 0 radical (unpaired) electrons. The molecule has 0 aliphatic carbocycles. The summed E-state index contributed by atoms with van der Waals surface area (Å²) in [6.45, 7) is 6.98. The highest BCUT2D eigenvalue weighted by molar-refractivity contribution is 7.99. The summed E-state index contributed by atoms with van der Waals surface area (Å²) < 4.78 is 7.72. The van der Waals surface area contributed by atoms with Gasteiger partial charge in [0.2, 0.25) is 0 Å². The molecule has 0 saturated heterocycles. The first-order valence-corrected chi connectivity index (χ1v) is 9.32. The van der Waals surface area contributed by atoms with E-state index >= 15 is 0 Å². The van der Waals surface area contributed by atoms with E-state index in [4.69, 9.17) is 4.74 Å². The van der Waals surface area contributed by atoms with Crippen molar-refractivity contribution in [3.63, 3.8) is 0 Å². The number of nitrogens with zero attached hydrogens (tertiary/aromatic N) is 3. The molecule has 3 rings (SSSR count). The Hall–Kier alpha value is -2.73. The van der Waals surface area contributed by atoms with Gasteiger partial charge in [-0.25, -0.2) is 0 Å². The first-order chi connectivity index (χ1) is 12.7. The normalized spacial score (nSPS) is 10.7. The molecule has 0 bridgehead atoms. The standard InChI is InChI=1S/C20H21N3O2S/c1-3-11-23-19(17-9-4-5-10-18(17)24)21-22-20(23)26-13-12-25-16-8-6-7-15(2)14-16/h3-10,14,24H,1,11-13H2,2H3. The summed E-state index contributed by atoms with van der Waals surface area (Å²) in [7, 11) is 0. The molecule has 1 N–H and O–H groups in total. The number of phenols is 1. The second kappa shape index (κ2) is 8.58. The zero-order chi connectivity index (χ0) is 18.4. The number of hydrogen-bond acceptors (Lipinski definition) is 5. The summed E-state index contributed by atoms with van der Waals surface area (Å²) in [5.41, 5.74) is 1.83. The number of thioether (sulfide) groups is 1. The van der Waals surface area contributed by atoms with Crippen LogP contribution in [0.2, 0.25) is 0 Å². The molecule has 0 atom stereocenters. The SMILES string of the molecule is C=CCn1c(SCCOc2cccc(C)c2)nnc1-c1ccccc1O. The van der Waals surface area contributed by atoms with Crippen molar-refractivity contribution in [3.05, 3.63) is 66.7 Å². The molecule has 6 heteroatoms. The van der Waals surface area contributed by atoms with Crippen molar-refractivity contribution < 1.29 is 9.84 Å². The molecular formula is C20H21N3O2S. The lowest BCUT2D eigenvalue weighted by Crippen LogP contribution is -2.04. The summed E-state index contributed by atoms with van der Waals surface area (Å²) in [6, 6.07) is 15.1. The highest BCUT2D eigenvalue weighted by Crippen LogP contribution is 2.30.